The lowest BCUT2D eigenvalue weighted by molar-refractivity contribution is -0.326. The molecular formula is C53H62ClF4N7O19. The molecule has 0 bridgehead atoms. The van der Waals surface area contributed by atoms with Crippen molar-refractivity contribution >= 4 is 64.4 Å². The first-order valence-electron chi connectivity index (χ1n) is 25.5. The molecule has 26 nitrogen and oxygen atoms in total. The van der Waals surface area contributed by atoms with E-state index in [1.54, 1.807) is 12.1 Å². The van der Waals surface area contributed by atoms with Gasteiger partial charge in [0.05, 0.1) is 41.9 Å². The van der Waals surface area contributed by atoms with E-state index in [4.69, 9.17) is 36.3 Å². The van der Waals surface area contributed by atoms with E-state index in [-0.39, 0.29) is 61.1 Å². The lowest BCUT2D eigenvalue weighted by Crippen LogP contribution is -2.61. The SMILES string of the molecule is CC(CCC(=O)[C@H](O)[C@H](O)[C@@H](O[C@@H]1O[C@H](CO)[C@H](O)[C@H](O)[C@H]1O)[C@H](O)CO)C(=O)NC(CC(N)=O)C(=O)Cc1ccc(COC(=O)N(C)CCNC(=O)c2cc(Oc3ccc(NC(=O)Nc4ccc(Cl)c(C(F)(F)F)c4)c(F)c3)ccn2)cc1. The van der Waals surface area contributed by atoms with Gasteiger partial charge in [-0.15, -0.1) is 0 Å². The summed E-state index contributed by atoms with van der Waals surface area (Å²) < 4.78 is 76.1. The number of anilines is 2. The van der Waals surface area contributed by atoms with Crippen LogP contribution in [0.5, 0.6) is 11.5 Å². The summed E-state index contributed by atoms with van der Waals surface area (Å²) in [4.78, 5) is 94.8. The number of alkyl halides is 3. The minimum Gasteiger partial charge on any atom is -0.457 e. The normalized spacial score (nSPS) is 19.1. The summed E-state index contributed by atoms with van der Waals surface area (Å²) in [6.07, 6.45) is -23.9. The van der Waals surface area contributed by atoms with Gasteiger partial charge in [-0.25, -0.2) is 14.0 Å². The largest absolute Gasteiger partial charge is 0.457 e. The number of carbonyl (C=O) groups excluding carboxylic acids is 7. The number of ether oxygens (including phenoxy) is 4. The van der Waals surface area contributed by atoms with Gasteiger partial charge in [0.1, 0.15) is 78.4 Å². The molecule has 458 valence electrons. The first kappa shape index (κ1) is 67.3. The van der Waals surface area contributed by atoms with Crippen molar-refractivity contribution in [1.29, 1.82) is 0 Å². The van der Waals surface area contributed by atoms with Crippen LogP contribution in [0, 0.1) is 11.7 Å². The predicted molar refractivity (Wildman–Crippen MR) is 283 cm³/mol. The van der Waals surface area contributed by atoms with Gasteiger partial charge in [-0.1, -0.05) is 42.8 Å². The molecule has 84 heavy (non-hydrogen) atoms. The Labute approximate surface area is 480 Å². The maximum absolute atomic E-state index is 14.9. The maximum Gasteiger partial charge on any atom is 0.417 e. The van der Waals surface area contributed by atoms with Crippen LogP contribution in [0.15, 0.2) is 79.0 Å². The predicted octanol–water partition coefficient (Wildman–Crippen LogP) is 1.04. The Kier molecular flexibility index (Phi) is 24.7. The van der Waals surface area contributed by atoms with Crippen molar-refractivity contribution in [2.45, 2.75) is 107 Å². The number of primary amides is 1. The molecule has 0 aliphatic carbocycles. The summed E-state index contributed by atoms with van der Waals surface area (Å²) in [5.74, 6) is -6.11. The highest BCUT2D eigenvalue weighted by Crippen LogP contribution is 2.36. The van der Waals surface area contributed by atoms with Crippen molar-refractivity contribution in [3.05, 3.63) is 112 Å². The molecule has 0 radical (unpaired) electrons. The summed E-state index contributed by atoms with van der Waals surface area (Å²) in [5.41, 5.74) is 4.41. The van der Waals surface area contributed by atoms with E-state index in [1.165, 1.54) is 55.4 Å². The number of pyridine rings is 1. The number of benzene rings is 3. The number of nitrogens with one attached hydrogen (secondary N) is 4. The fourth-order valence-electron chi connectivity index (χ4n) is 7.96. The number of hydrogen-bond donors (Lipinski definition) is 13. The number of aliphatic hydroxyl groups is 8. The number of hydrogen-bond acceptors (Lipinski definition) is 20. The average molecular weight is 1210 g/mol. The summed E-state index contributed by atoms with van der Waals surface area (Å²) in [5, 5.41) is 90.0. The minimum atomic E-state index is -4.79. The van der Waals surface area contributed by atoms with E-state index in [9.17, 15) is 92.0 Å². The van der Waals surface area contributed by atoms with Gasteiger partial charge in [0.2, 0.25) is 11.8 Å². The van der Waals surface area contributed by atoms with Gasteiger partial charge in [-0.3, -0.25) is 29.0 Å². The molecule has 2 heterocycles. The fourth-order valence-corrected chi connectivity index (χ4v) is 8.18. The van der Waals surface area contributed by atoms with E-state index in [1.807, 2.05) is 0 Å². The van der Waals surface area contributed by atoms with Crippen molar-refractivity contribution in [1.82, 2.24) is 20.5 Å². The number of carbonyl (C=O) groups is 7. The third-order valence-corrected chi connectivity index (χ3v) is 13.1. The number of amides is 6. The number of aromatic nitrogens is 1. The zero-order chi connectivity index (χ0) is 62.2. The Morgan fingerprint density at radius 1 is 0.869 bits per heavy atom. The zero-order valence-corrected chi connectivity index (χ0v) is 45.4. The van der Waals surface area contributed by atoms with Crippen molar-refractivity contribution in [2.24, 2.45) is 11.7 Å². The summed E-state index contributed by atoms with van der Waals surface area (Å²) in [7, 11) is 1.41. The first-order chi connectivity index (χ1) is 39.6. The summed E-state index contributed by atoms with van der Waals surface area (Å²) >= 11 is 5.61. The number of nitrogens with two attached hydrogens (primary N) is 1. The lowest BCUT2D eigenvalue weighted by Gasteiger charge is -2.42. The zero-order valence-electron chi connectivity index (χ0n) is 44.7. The molecular weight excluding hydrogens is 1150 g/mol. The quantitative estimate of drug-likeness (QED) is 0.0353. The minimum absolute atomic E-state index is 0.0193. The van der Waals surface area contributed by atoms with Crippen molar-refractivity contribution in [2.75, 3.05) is 44.0 Å². The number of Topliss-reactive ketones (excluding diaryl/α,β-unsaturated/α-hetero) is 2. The fraction of sp³-hybridized carbons (Fsp3) is 0.434. The van der Waals surface area contributed by atoms with Crippen molar-refractivity contribution in [3.8, 4) is 11.5 Å². The van der Waals surface area contributed by atoms with E-state index in [0.29, 0.717) is 17.2 Å². The standard InChI is InChI=1S/C53H62ClF4N7O19/c1-25(3-12-37(68)42(72)45(75)47(39(70)22-66)84-50-46(76)44(74)43(73)40(23-67)83-50)48(77)63-35(21-41(59)71)38(69)17-26-4-6-27(7-5-26)24-81-52(80)65(2)16-15-61-49(78)36-20-30(13-14-60-36)82-29-9-11-34(33(55)19-29)64-51(79)62-28-8-10-32(54)31(18-28)53(56,57)58/h4-11,13-14,18-20,25,35,39-40,42-47,50,66-67,70,72-76H,3,12,15-17,21-24H2,1-2H3,(H2,59,71)(H,61,78)(H,63,77)(H2,62,64,79)/t25?,35?,39-,40-,42+,43+,44+,45+,46-,47+,50+/m1/s1. The van der Waals surface area contributed by atoms with Gasteiger partial charge in [-0.2, -0.15) is 13.2 Å². The van der Waals surface area contributed by atoms with E-state index in [0.717, 1.165) is 24.3 Å². The van der Waals surface area contributed by atoms with Crippen LogP contribution in [0.2, 0.25) is 5.02 Å². The van der Waals surface area contributed by atoms with Crippen LogP contribution in [0.4, 0.5) is 38.5 Å². The smallest absolute Gasteiger partial charge is 0.417 e. The highest BCUT2D eigenvalue weighted by molar-refractivity contribution is 6.31. The van der Waals surface area contributed by atoms with Crippen LogP contribution >= 0.6 is 11.6 Å². The second kappa shape index (κ2) is 30.9. The second-order valence-electron chi connectivity index (χ2n) is 19.2. The van der Waals surface area contributed by atoms with Crippen LogP contribution in [0.25, 0.3) is 0 Å². The molecule has 5 rings (SSSR count). The van der Waals surface area contributed by atoms with Gasteiger partial charge in [0.25, 0.3) is 5.91 Å². The summed E-state index contributed by atoms with van der Waals surface area (Å²) in [6, 6.07) is 12.3. The first-order valence-corrected chi connectivity index (χ1v) is 25.9. The van der Waals surface area contributed by atoms with Crippen molar-refractivity contribution < 1.29 is 111 Å². The van der Waals surface area contributed by atoms with Crippen LogP contribution in [-0.2, 0) is 52.6 Å². The summed E-state index contributed by atoms with van der Waals surface area (Å²) in [6.45, 7) is -0.881. The highest BCUT2D eigenvalue weighted by Gasteiger charge is 2.47. The topological polar surface area (TPSA) is 409 Å². The van der Waals surface area contributed by atoms with Gasteiger partial charge in [-0.05, 0) is 53.9 Å². The average Bonchev–Trinajstić information content (AvgIpc) is 2.94. The molecule has 31 heteroatoms. The number of urea groups is 1. The molecule has 11 atom stereocenters. The second-order valence-corrected chi connectivity index (χ2v) is 19.6. The molecule has 6 amide bonds. The Balaban J connectivity index is 1.03. The molecule has 0 saturated carbocycles. The molecule has 1 fully saturated rings. The Morgan fingerprint density at radius 2 is 1.55 bits per heavy atom. The Morgan fingerprint density at radius 3 is 2.19 bits per heavy atom. The monoisotopic (exact) mass is 1210 g/mol. The number of rotatable bonds is 28. The molecule has 14 N–H and O–H groups in total. The molecule has 1 aliphatic heterocycles. The number of nitrogens with zero attached hydrogens (tertiary/aromatic N) is 2. The van der Waals surface area contributed by atoms with Gasteiger partial charge in [0, 0.05) is 62.9 Å². The molecule has 4 aromatic rings. The van der Waals surface area contributed by atoms with Crippen LogP contribution in [0.1, 0.15) is 53.4 Å². The molecule has 0 spiro atoms. The van der Waals surface area contributed by atoms with E-state index >= 15 is 0 Å². The highest BCUT2D eigenvalue weighted by atomic mass is 35.5. The lowest BCUT2D eigenvalue weighted by atomic mass is 9.94. The van der Waals surface area contributed by atoms with Crippen LogP contribution in [-0.4, -0.2) is 187 Å². The third-order valence-electron chi connectivity index (χ3n) is 12.8. The molecule has 2 unspecified atom stereocenters. The van der Waals surface area contributed by atoms with E-state index in [2.05, 4.69) is 26.3 Å². The molecule has 3 aromatic carbocycles. The van der Waals surface area contributed by atoms with E-state index < -0.39 is 157 Å². The Hall–Kier alpha value is -7.49. The Bertz CT molecular complexity index is 2950. The number of halogens is 5. The van der Waals surface area contributed by atoms with Crippen LogP contribution in [0.3, 0.4) is 0 Å². The third kappa shape index (κ3) is 19.3. The maximum atomic E-state index is 14.9. The number of likely N-dealkylation sites (N-methyl/N-ethyl adjacent to an activating group) is 1. The van der Waals surface area contributed by atoms with Crippen LogP contribution < -0.4 is 31.7 Å². The molecule has 1 aliphatic rings. The van der Waals surface area contributed by atoms with Gasteiger partial charge < -0.3 is 91.7 Å². The van der Waals surface area contributed by atoms with Gasteiger partial charge in [0.15, 0.2) is 17.9 Å². The molecule has 1 saturated heterocycles. The number of ketones is 2. The molecule has 1 aromatic heterocycles. The van der Waals surface area contributed by atoms with Gasteiger partial charge >= 0.3 is 18.3 Å². The van der Waals surface area contributed by atoms with Crippen molar-refractivity contribution in [3.63, 3.8) is 0 Å². The number of aliphatic hydroxyl groups excluding tert-OH is 8.